The molecule has 0 radical (unpaired) electrons. The predicted molar refractivity (Wildman–Crippen MR) is 54.3 cm³/mol. The van der Waals surface area contributed by atoms with Crippen LogP contribution in [0.1, 0.15) is 46.5 Å². The van der Waals surface area contributed by atoms with Crippen LogP contribution in [0, 0.1) is 11.3 Å². The van der Waals surface area contributed by atoms with Gasteiger partial charge in [0, 0.05) is 6.04 Å². The first-order valence-corrected chi connectivity index (χ1v) is 5.23. The van der Waals surface area contributed by atoms with Crippen LogP contribution < -0.4 is 5.32 Å². The molecule has 12 heavy (non-hydrogen) atoms. The lowest BCUT2D eigenvalue weighted by Crippen LogP contribution is -2.42. The van der Waals surface area contributed by atoms with Crippen LogP contribution in [0.5, 0.6) is 0 Å². The highest BCUT2D eigenvalue weighted by molar-refractivity contribution is 4.87. The van der Waals surface area contributed by atoms with Crippen molar-refractivity contribution in [3.05, 3.63) is 0 Å². The highest BCUT2D eigenvalue weighted by atomic mass is 14.9. The van der Waals surface area contributed by atoms with Gasteiger partial charge in [0.2, 0.25) is 0 Å². The summed E-state index contributed by atoms with van der Waals surface area (Å²) in [7, 11) is 2.11. The van der Waals surface area contributed by atoms with Crippen molar-refractivity contribution in [2.24, 2.45) is 11.3 Å². The van der Waals surface area contributed by atoms with Gasteiger partial charge in [-0.1, -0.05) is 33.6 Å². The molecule has 72 valence electrons. The van der Waals surface area contributed by atoms with Crippen LogP contribution in [0.3, 0.4) is 0 Å². The second kappa shape index (κ2) is 3.78. The number of nitrogens with one attached hydrogen (secondary N) is 1. The Balaban J connectivity index is 2.59. The Labute approximate surface area is 76.9 Å². The van der Waals surface area contributed by atoms with Gasteiger partial charge in [-0.2, -0.15) is 0 Å². The van der Waals surface area contributed by atoms with E-state index in [9.17, 15) is 0 Å². The van der Waals surface area contributed by atoms with E-state index in [-0.39, 0.29) is 0 Å². The molecule has 0 spiro atoms. The highest BCUT2D eigenvalue weighted by Crippen LogP contribution is 2.37. The van der Waals surface area contributed by atoms with E-state index >= 15 is 0 Å². The summed E-state index contributed by atoms with van der Waals surface area (Å²) >= 11 is 0. The Hall–Kier alpha value is -0.0400. The Morgan fingerprint density at radius 2 is 1.67 bits per heavy atom. The maximum atomic E-state index is 3.46. The number of rotatable bonds is 1. The quantitative estimate of drug-likeness (QED) is 0.636. The first kappa shape index (κ1) is 10.0. The summed E-state index contributed by atoms with van der Waals surface area (Å²) in [5.74, 6) is 0.872. The molecule has 1 nitrogen and oxygen atoms in total. The minimum Gasteiger partial charge on any atom is -0.317 e. The monoisotopic (exact) mass is 169 g/mol. The smallest absolute Gasteiger partial charge is 0.00973 e. The minimum absolute atomic E-state index is 0.480. The normalized spacial score (nSPS) is 32.0. The molecule has 1 aliphatic rings. The fraction of sp³-hybridized carbons (Fsp3) is 1.00. The lowest BCUT2D eigenvalue weighted by Gasteiger charge is -2.40. The van der Waals surface area contributed by atoms with Crippen LogP contribution in [0.25, 0.3) is 0 Å². The standard InChI is InChI=1S/C11H23N/c1-11(2,3)9-7-5-6-8-10(9)12-4/h9-10,12H,5-8H2,1-4H3/t9?,10-/m1/s1. The van der Waals surface area contributed by atoms with Crippen LogP contribution in [0.15, 0.2) is 0 Å². The van der Waals surface area contributed by atoms with Crippen molar-refractivity contribution in [3.8, 4) is 0 Å². The molecule has 0 saturated heterocycles. The number of hydrogen-bond donors (Lipinski definition) is 1. The van der Waals surface area contributed by atoms with E-state index in [4.69, 9.17) is 0 Å². The molecule has 1 aliphatic carbocycles. The van der Waals surface area contributed by atoms with Crippen molar-refractivity contribution in [2.75, 3.05) is 7.05 Å². The Kier molecular flexibility index (Phi) is 3.16. The van der Waals surface area contributed by atoms with E-state index in [0.717, 1.165) is 12.0 Å². The molecule has 0 aromatic carbocycles. The van der Waals surface area contributed by atoms with Gasteiger partial charge in [-0.05, 0) is 31.2 Å². The average molecular weight is 169 g/mol. The molecule has 1 unspecified atom stereocenters. The molecule has 0 aliphatic heterocycles. The molecule has 1 fully saturated rings. The zero-order chi connectivity index (χ0) is 9.19. The third-order valence-corrected chi connectivity index (χ3v) is 3.25. The van der Waals surface area contributed by atoms with E-state index in [1.54, 1.807) is 0 Å². The summed E-state index contributed by atoms with van der Waals surface area (Å²) in [4.78, 5) is 0. The minimum atomic E-state index is 0.480. The molecular formula is C11H23N. The van der Waals surface area contributed by atoms with Gasteiger partial charge in [0.05, 0.1) is 0 Å². The Bertz CT molecular complexity index is 134. The van der Waals surface area contributed by atoms with E-state index in [1.165, 1.54) is 25.7 Å². The van der Waals surface area contributed by atoms with Crippen molar-refractivity contribution in [2.45, 2.75) is 52.5 Å². The summed E-state index contributed by atoms with van der Waals surface area (Å²) in [6, 6.07) is 0.763. The highest BCUT2D eigenvalue weighted by Gasteiger charge is 2.32. The molecule has 2 atom stereocenters. The van der Waals surface area contributed by atoms with Crippen molar-refractivity contribution in [1.29, 1.82) is 0 Å². The van der Waals surface area contributed by atoms with Crippen LogP contribution in [0.2, 0.25) is 0 Å². The van der Waals surface area contributed by atoms with Gasteiger partial charge in [0.15, 0.2) is 0 Å². The molecule has 1 heteroatoms. The molecule has 1 saturated carbocycles. The Morgan fingerprint density at radius 1 is 1.08 bits per heavy atom. The summed E-state index contributed by atoms with van der Waals surface area (Å²) in [5.41, 5.74) is 0.480. The zero-order valence-electron chi connectivity index (χ0n) is 8.98. The van der Waals surface area contributed by atoms with Gasteiger partial charge in [-0.3, -0.25) is 0 Å². The molecule has 0 aromatic rings. The van der Waals surface area contributed by atoms with Crippen LogP contribution >= 0.6 is 0 Å². The fourth-order valence-electron chi connectivity index (χ4n) is 2.51. The largest absolute Gasteiger partial charge is 0.317 e. The van der Waals surface area contributed by atoms with Gasteiger partial charge in [-0.15, -0.1) is 0 Å². The summed E-state index contributed by atoms with van der Waals surface area (Å²) in [6.07, 6.45) is 5.63. The maximum absolute atomic E-state index is 3.46. The van der Waals surface area contributed by atoms with Crippen molar-refractivity contribution >= 4 is 0 Å². The predicted octanol–water partition coefficient (Wildman–Crippen LogP) is 2.81. The molecule has 0 bridgehead atoms. The average Bonchev–Trinajstić information content (AvgIpc) is 2.03. The van der Waals surface area contributed by atoms with Gasteiger partial charge < -0.3 is 5.32 Å². The second-order valence-electron chi connectivity index (χ2n) is 5.15. The fourth-order valence-corrected chi connectivity index (χ4v) is 2.51. The van der Waals surface area contributed by atoms with Crippen LogP contribution in [-0.4, -0.2) is 13.1 Å². The third kappa shape index (κ3) is 2.22. The second-order valence-corrected chi connectivity index (χ2v) is 5.15. The lowest BCUT2D eigenvalue weighted by atomic mass is 9.69. The van der Waals surface area contributed by atoms with E-state index in [1.807, 2.05) is 0 Å². The van der Waals surface area contributed by atoms with Gasteiger partial charge in [0.1, 0.15) is 0 Å². The topological polar surface area (TPSA) is 12.0 Å². The first-order valence-electron chi connectivity index (χ1n) is 5.23. The van der Waals surface area contributed by atoms with Crippen LogP contribution in [0.4, 0.5) is 0 Å². The maximum Gasteiger partial charge on any atom is 0.00973 e. The molecular weight excluding hydrogens is 146 g/mol. The summed E-state index contributed by atoms with van der Waals surface area (Å²) in [5, 5.41) is 3.46. The van der Waals surface area contributed by atoms with Gasteiger partial charge >= 0.3 is 0 Å². The van der Waals surface area contributed by atoms with Crippen molar-refractivity contribution in [1.82, 2.24) is 5.32 Å². The van der Waals surface area contributed by atoms with Crippen LogP contribution in [-0.2, 0) is 0 Å². The molecule has 0 aromatic heterocycles. The van der Waals surface area contributed by atoms with Crippen molar-refractivity contribution < 1.29 is 0 Å². The summed E-state index contributed by atoms with van der Waals surface area (Å²) in [6.45, 7) is 7.11. The SMILES string of the molecule is CN[C@@H]1CCCCC1C(C)(C)C. The first-order chi connectivity index (χ1) is 5.55. The van der Waals surface area contributed by atoms with E-state index < -0.39 is 0 Å². The Morgan fingerprint density at radius 3 is 2.08 bits per heavy atom. The van der Waals surface area contributed by atoms with Gasteiger partial charge in [-0.25, -0.2) is 0 Å². The molecule has 1 N–H and O–H groups in total. The van der Waals surface area contributed by atoms with E-state index in [2.05, 4.69) is 33.1 Å². The zero-order valence-corrected chi connectivity index (χ0v) is 8.98. The molecule has 0 amide bonds. The summed E-state index contributed by atoms with van der Waals surface area (Å²) < 4.78 is 0. The lowest BCUT2D eigenvalue weighted by molar-refractivity contribution is 0.136. The van der Waals surface area contributed by atoms with E-state index in [0.29, 0.717) is 5.41 Å². The molecule has 1 rings (SSSR count). The van der Waals surface area contributed by atoms with Gasteiger partial charge in [0.25, 0.3) is 0 Å². The third-order valence-electron chi connectivity index (χ3n) is 3.25. The number of hydrogen-bond acceptors (Lipinski definition) is 1. The molecule has 0 heterocycles. The van der Waals surface area contributed by atoms with Crippen molar-refractivity contribution in [3.63, 3.8) is 0 Å².